The number of anilines is 1. The van der Waals surface area contributed by atoms with Crippen LogP contribution in [0.4, 0.5) is 5.69 Å². The van der Waals surface area contributed by atoms with Crippen LogP contribution in [0.5, 0.6) is 5.75 Å². The van der Waals surface area contributed by atoms with E-state index in [2.05, 4.69) is 30.6 Å². The highest BCUT2D eigenvalue weighted by Crippen LogP contribution is 2.16. The van der Waals surface area contributed by atoms with Gasteiger partial charge in [-0.1, -0.05) is 6.07 Å². The molecule has 112 valence electrons. The predicted molar refractivity (Wildman–Crippen MR) is 84.1 cm³/mol. The van der Waals surface area contributed by atoms with E-state index < -0.39 is 0 Å². The Hall–Kier alpha value is -1.26. The van der Waals surface area contributed by atoms with Gasteiger partial charge in [-0.2, -0.15) is 0 Å². The van der Waals surface area contributed by atoms with Gasteiger partial charge in [-0.25, -0.2) is 0 Å². The molecule has 4 nitrogen and oxygen atoms in total. The van der Waals surface area contributed by atoms with Crippen molar-refractivity contribution in [3.63, 3.8) is 0 Å². The zero-order valence-corrected chi connectivity index (χ0v) is 12.9. The van der Waals surface area contributed by atoms with Crippen LogP contribution in [0.15, 0.2) is 24.3 Å². The maximum atomic E-state index is 5.75. The number of rotatable bonds is 4. The van der Waals surface area contributed by atoms with E-state index in [9.17, 15) is 0 Å². The summed E-state index contributed by atoms with van der Waals surface area (Å²) < 4.78 is 5.75. The molecular weight excluding hydrogens is 250 g/mol. The van der Waals surface area contributed by atoms with Crippen molar-refractivity contribution in [2.45, 2.75) is 26.3 Å². The zero-order chi connectivity index (χ0) is 14.6. The van der Waals surface area contributed by atoms with Gasteiger partial charge in [0.1, 0.15) is 12.4 Å². The van der Waals surface area contributed by atoms with Crippen molar-refractivity contribution in [1.29, 1.82) is 0 Å². The number of nitrogens with two attached hydrogens (primary N) is 1. The van der Waals surface area contributed by atoms with Crippen LogP contribution in [0.1, 0.15) is 20.8 Å². The molecule has 2 rings (SSSR count). The van der Waals surface area contributed by atoms with Gasteiger partial charge < -0.3 is 10.5 Å². The lowest BCUT2D eigenvalue weighted by Gasteiger charge is -2.42. The molecule has 20 heavy (non-hydrogen) atoms. The lowest BCUT2D eigenvalue weighted by atomic mass is 10.1. The van der Waals surface area contributed by atoms with E-state index in [-0.39, 0.29) is 5.54 Å². The molecule has 1 saturated heterocycles. The average molecular weight is 277 g/mol. The molecule has 4 heteroatoms. The lowest BCUT2D eigenvalue weighted by molar-refractivity contribution is 0.0564. The minimum Gasteiger partial charge on any atom is -0.492 e. The SMILES string of the molecule is CC(C)(C)N1CCN(CCOc2cccc(N)c2)CC1. The van der Waals surface area contributed by atoms with Crippen molar-refractivity contribution in [2.24, 2.45) is 0 Å². The molecule has 1 aromatic carbocycles. The number of ether oxygens (including phenoxy) is 1. The van der Waals surface area contributed by atoms with Gasteiger partial charge in [0.25, 0.3) is 0 Å². The predicted octanol–water partition coefficient (Wildman–Crippen LogP) is 2.06. The number of hydrogen-bond donors (Lipinski definition) is 1. The molecule has 1 heterocycles. The Morgan fingerprint density at radius 1 is 1.15 bits per heavy atom. The van der Waals surface area contributed by atoms with Crippen LogP contribution in [0.3, 0.4) is 0 Å². The van der Waals surface area contributed by atoms with Crippen LogP contribution < -0.4 is 10.5 Å². The van der Waals surface area contributed by atoms with Crippen LogP contribution in [0.2, 0.25) is 0 Å². The Balaban J connectivity index is 1.69. The summed E-state index contributed by atoms with van der Waals surface area (Å²) in [5.41, 5.74) is 6.77. The Morgan fingerprint density at radius 2 is 1.85 bits per heavy atom. The maximum absolute atomic E-state index is 5.75. The van der Waals surface area contributed by atoms with E-state index in [1.807, 2.05) is 24.3 Å². The van der Waals surface area contributed by atoms with Gasteiger partial charge in [-0.3, -0.25) is 9.80 Å². The van der Waals surface area contributed by atoms with E-state index in [0.29, 0.717) is 0 Å². The molecular formula is C16H27N3O. The molecule has 0 atom stereocenters. The second-order valence-corrected chi connectivity index (χ2v) is 6.42. The highest BCUT2D eigenvalue weighted by molar-refractivity contribution is 5.43. The summed E-state index contributed by atoms with van der Waals surface area (Å²) >= 11 is 0. The molecule has 1 aliphatic rings. The Morgan fingerprint density at radius 3 is 2.45 bits per heavy atom. The fourth-order valence-electron chi connectivity index (χ4n) is 2.54. The number of hydrogen-bond acceptors (Lipinski definition) is 4. The van der Waals surface area contributed by atoms with Crippen molar-refractivity contribution >= 4 is 5.69 Å². The third-order valence-corrected chi connectivity index (χ3v) is 3.86. The summed E-state index contributed by atoms with van der Waals surface area (Å²) in [5.74, 6) is 0.860. The molecule has 0 amide bonds. The molecule has 1 aliphatic heterocycles. The first-order chi connectivity index (χ1) is 9.45. The van der Waals surface area contributed by atoms with Crippen LogP contribution in [-0.2, 0) is 0 Å². The van der Waals surface area contributed by atoms with E-state index in [1.54, 1.807) is 0 Å². The molecule has 1 fully saturated rings. The van der Waals surface area contributed by atoms with Crippen molar-refractivity contribution < 1.29 is 4.74 Å². The third kappa shape index (κ3) is 4.39. The van der Waals surface area contributed by atoms with Crippen LogP contribution in [0.25, 0.3) is 0 Å². The average Bonchev–Trinajstić information content (AvgIpc) is 2.38. The summed E-state index contributed by atoms with van der Waals surface area (Å²) in [6, 6.07) is 7.62. The Labute approximate surface area is 122 Å². The van der Waals surface area contributed by atoms with E-state index >= 15 is 0 Å². The van der Waals surface area contributed by atoms with Crippen LogP contribution >= 0.6 is 0 Å². The van der Waals surface area contributed by atoms with Crippen molar-refractivity contribution in [2.75, 3.05) is 45.1 Å². The standard InChI is InChI=1S/C16H27N3O/c1-16(2,3)19-9-7-18(8-10-19)11-12-20-15-6-4-5-14(17)13-15/h4-6,13H,7-12,17H2,1-3H3. The highest BCUT2D eigenvalue weighted by Gasteiger charge is 2.25. The maximum Gasteiger partial charge on any atom is 0.121 e. The summed E-state index contributed by atoms with van der Waals surface area (Å²) in [6.45, 7) is 13.1. The second-order valence-electron chi connectivity index (χ2n) is 6.42. The first-order valence-electron chi connectivity index (χ1n) is 7.41. The van der Waals surface area contributed by atoms with Gasteiger partial charge in [0.15, 0.2) is 0 Å². The lowest BCUT2D eigenvalue weighted by Crippen LogP contribution is -2.53. The topological polar surface area (TPSA) is 41.7 Å². The molecule has 0 spiro atoms. The summed E-state index contributed by atoms with van der Waals surface area (Å²) in [4.78, 5) is 5.01. The normalized spacial score (nSPS) is 18.1. The number of piperazine rings is 1. The number of nitrogens with zero attached hydrogens (tertiary/aromatic N) is 2. The smallest absolute Gasteiger partial charge is 0.121 e. The molecule has 0 saturated carbocycles. The van der Waals surface area contributed by atoms with E-state index in [1.165, 1.54) is 0 Å². The molecule has 0 bridgehead atoms. The van der Waals surface area contributed by atoms with Gasteiger partial charge in [0, 0.05) is 50.0 Å². The molecule has 0 aliphatic carbocycles. The minimum atomic E-state index is 0.282. The molecule has 1 aromatic rings. The largest absolute Gasteiger partial charge is 0.492 e. The molecule has 2 N–H and O–H groups in total. The second kappa shape index (κ2) is 6.46. The number of benzene rings is 1. The highest BCUT2D eigenvalue weighted by atomic mass is 16.5. The Bertz CT molecular complexity index is 420. The van der Waals surface area contributed by atoms with Crippen molar-refractivity contribution in [1.82, 2.24) is 9.80 Å². The van der Waals surface area contributed by atoms with Crippen LogP contribution in [-0.4, -0.2) is 54.7 Å². The van der Waals surface area contributed by atoms with Gasteiger partial charge in [-0.05, 0) is 32.9 Å². The first-order valence-corrected chi connectivity index (χ1v) is 7.41. The van der Waals surface area contributed by atoms with E-state index in [4.69, 9.17) is 10.5 Å². The summed E-state index contributed by atoms with van der Waals surface area (Å²) in [5, 5.41) is 0. The van der Waals surface area contributed by atoms with Crippen molar-refractivity contribution in [3.05, 3.63) is 24.3 Å². The minimum absolute atomic E-state index is 0.282. The summed E-state index contributed by atoms with van der Waals surface area (Å²) in [6.07, 6.45) is 0. The van der Waals surface area contributed by atoms with Gasteiger partial charge in [0.2, 0.25) is 0 Å². The zero-order valence-electron chi connectivity index (χ0n) is 12.9. The monoisotopic (exact) mass is 277 g/mol. The summed E-state index contributed by atoms with van der Waals surface area (Å²) in [7, 11) is 0. The van der Waals surface area contributed by atoms with Gasteiger partial charge in [0.05, 0.1) is 0 Å². The molecule has 0 aromatic heterocycles. The first kappa shape index (κ1) is 15.1. The molecule has 0 unspecified atom stereocenters. The molecule has 0 radical (unpaired) electrons. The van der Waals surface area contributed by atoms with Gasteiger partial charge >= 0.3 is 0 Å². The Kier molecular flexibility index (Phi) is 4.89. The van der Waals surface area contributed by atoms with Gasteiger partial charge in [-0.15, -0.1) is 0 Å². The fraction of sp³-hybridized carbons (Fsp3) is 0.625. The van der Waals surface area contributed by atoms with Crippen LogP contribution in [0, 0.1) is 0 Å². The quantitative estimate of drug-likeness (QED) is 0.856. The fourth-order valence-corrected chi connectivity index (χ4v) is 2.54. The number of nitrogen functional groups attached to an aromatic ring is 1. The third-order valence-electron chi connectivity index (χ3n) is 3.86. The van der Waals surface area contributed by atoms with Crippen molar-refractivity contribution in [3.8, 4) is 5.75 Å². The van der Waals surface area contributed by atoms with E-state index in [0.717, 1.165) is 50.8 Å².